The number of nitrogens with zero attached hydrogens (tertiary/aromatic N) is 2. The molecule has 1 aromatic heterocycles. The van der Waals surface area contributed by atoms with Gasteiger partial charge in [-0.3, -0.25) is 19.7 Å². The molecule has 6 heteroatoms. The molecule has 0 saturated heterocycles. The number of hydrogen-bond donors (Lipinski definition) is 1. The van der Waals surface area contributed by atoms with E-state index in [1.54, 1.807) is 6.92 Å². The van der Waals surface area contributed by atoms with Crippen molar-refractivity contribution in [2.24, 2.45) is 4.99 Å². The van der Waals surface area contributed by atoms with Crippen molar-refractivity contribution in [1.82, 2.24) is 9.78 Å². The molecule has 0 aliphatic rings. The molecule has 0 amide bonds. The Balaban J connectivity index is 2.14. The predicted octanol–water partition coefficient (Wildman–Crippen LogP) is 3.64. The highest BCUT2D eigenvalue weighted by Gasteiger charge is 2.20. The fourth-order valence-corrected chi connectivity index (χ4v) is 3.13. The largest absolute Gasteiger partial charge is 0.469 e. The van der Waals surface area contributed by atoms with Gasteiger partial charge in [0.1, 0.15) is 0 Å². The van der Waals surface area contributed by atoms with E-state index in [9.17, 15) is 9.59 Å². The van der Waals surface area contributed by atoms with Gasteiger partial charge in [0.25, 0.3) is 5.56 Å². The summed E-state index contributed by atoms with van der Waals surface area (Å²) in [5.41, 5.74) is 4.79. The number of carbonyl (C=O) groups excluding carboxylic acids is 1. The Morgan fingerprint density at radius 3 is 2.50 bits per heavy atom. The summed E-state index contributed by atoms with van der Waals surface area (Å²) in [6.07, 6.45) is -0.0410. The first-order chi connectivity index (χ1) is 13.4. The molecule has 0 radical (unpaired) electrons. The Kier molecular flexibility index (Phi) is 5.59. The fourth-order valence-electron chi connectivity index (χ4n) is 3.13. The summed E-state index contributed by atoms with van der Waals surface area (Å²) in [5, 5.41) is 3.04. The van der Waals surface area contributed by atoms with Crippen molar-refractivity contribution < 1.29 is 9.53 Å². The third-order valence-electron chi connectivity index (χ3n) is 4.53. The number of aliphatic imine (C=N–C) groups is 1. The smallest absolute Gasteiger partial charge is 0.311 e. The molecule has 0 saturated carbocycles. The van der Waals surface area contributed by atoms with E-state index in [-0.39, 0.29) is 12.0 Å². The van der Waals surface area contributed by atoms with Crippen LogP contribution in [0.15, 0.2) is 58.3 Å². The van der Waals surface area contributed by atoms with Crippen molar-refractivity contribution in [3.8, 4) is 5.69 Å². The summed E-state index contributed by atoms with van der Waals surface area (Å²) in [5.74, 6) is -0.429. The van der Waals surface area contributed by atoms with Crippen LogP contribution in [0, 0.1) is 13.8 Å². The van der Waals surface area contributed by atoms with E-state index in [0.717, 1.165) is 16.8 Å². The molecule has 0 fully saturated rings. The van der Waals surface area contributed by atoms with Gasteiger partial charge in [-0.1, -0.05) is 35.9 Å². The van der Waals surface area contributed by atoms with Gasteiger partial charge in [-0.2, -0.15) is 0 Å². The number of aromatic amines is 1. The van der Waals surface area contributed by atoms with Crippen LogP contribution in [0.2, 0.25) is 0 Å². The van der Waals surface area contributed by atoms with Crippen LogP contribution in [0.5, 0.6) is 0 Å². The van der Waals surface area contributed by atoms with Crippen LogP contribution < -0.4 is 5.56 Å². The summed E-state index contributed by atoms with van der Waals surface area (Å²) in [6, 6.07) is 15.2. The van der Waals surface area contributed by atoms with Crippen LogP contribution in [-0.4, -0.2) is 28.6 Å². The van der Waals surface area contributed by atoms with Crippen molar-refractivity contribution in [1.29, 1.82) is 0 Å². The number of benzene rings is 2. The maximum Gasteiger partial charge on any atom is 0.311 e. The Morgan fingerprint density at radius 2 is 1.86 bits per heavy atom. The Morgan fingerprint density at radius 1 is 1.14 bits per heavy atom. The predicted molar refractivity (Wildman–Crippen MR) is 110 cm³/mol. The summed E-state index contributed by atoms with van der Waals surface area (Å²) in [4.78, 5) is 29.7. The number of nitrogens with one attached hydrogen (secondary N) is 1. The van der Waals surface area contributed by atoms with Gasteiger partial charge >= 0.3 is 5.97 Å². The van der Waals surface area contributed by atoms with Crippen LogP contribution in [0.1, 0.15) is 29.3 Å². The molecule has 0 atom stereocenters. The molecule has 3 aromatic rings. The third kappa shape index (κ3) is 3.96. The zero-order valence-electron chi connectivity index (χ0n) is 16.4. The molecule has 0 unspecified atom stereocenters. The van der Waals surface area contributed by atoms with Crippen molar-refractivity contribution in [2.45, 2.75) is 27.2 Å². The molecule has 0 bridgehead atoms. The van der Waals surface area contributed by atoms with E-state index in [4.69, 9.17) is 4.74 Å². The second-order valence-corrected chi connectivity index (χ2v) is 6.68. The Hall–Kier alpha value is -3.41. The maximum absolute atomic E-state index is 13.1. The molecule has 3 rings (SSSR count). The first-order valence-corrected chi connectivity index (χ1v) is 8.99. The van der Waals surface area contributed by atoms with Crippen LogP contribution in [0.4, 0.5) is 5.69 Å². The van der Waals surface area contributed by atoms with Crippen LogP contribution in [0.3, 0.4) is 0 Å². The minimum absolute atomic E-state index is 0.0410. The molecule has 0 aliphatic heterocycles. The lowest BCUT2D eigenvalue weighted by Gasteiger charge is -2.05. The number of ether oxygens (including phenoxy) is 1. The molecular formula is C22H23N3O3. The maximum atomic E-state index is 13.1. The van der Waals surface area contributed by atoms with Gasteiger partial charge in [-0.05, 0) is 44.5 Å². The summed E-state index contributed by atoms with van der Waals surface area (Å²) in [7, 11) is 1.32. The number of aromatic nitrogens is 2. The van der Waals surface area contributed by atoms with E-state index >= 15 is 0 Å². The molecule has 6 nitrogen and oxygen atoms in total. The highest BCUT2D eigenvalue weighted by atomic mass is 16.5. The van der Waals surface area contributed by atoms with Crippen molar-refractivity contribution in [2.75, 3.05) is 7.11 Å². The standard InChI is InChI=1S/C22H23N3O3/c1-14-10-11-18(15(2)12-14)23-16(3)21-19(13-20(26)28-4)24-25(22(21)27)17-8-6-5-7-9-17/h5-12,24H,13H2,1-4H3. The van der Waals surface area contributed by atoms with Gasteiger partial charge in [0.2, 0.25) is 0 Å². The fraction of sp³-hybridized carbons (Fsp3) is 0.227. The van der Waals surface area contributed by atoms with E-state index in [1.165, 1.54) is 11.8 Å². The average Bonchev–Trinajstić information content (AvgIpc) is 3.00. The molecule has 0 spiro atoms. The summed E-state index contributed by atoms with van der Waals surface area (Å²) >= 11 is 0. The van der Waals surface area contributed by atoms with Crippen LogP contribution >= 0.6 is 0 Å². The van der Waals surface area contributed by atoms with Gasteiger partial charge < -0.3 is 4.74 Å². The van der Waals surface area contributed by atoms with Crippen LogP contribution in [0.25, 0.3) is 5.69 Å². The molecule has 2 aromatic carbocycles. The van der Waals surface area contributed by atoms with Crippen molar-refractivity contribution in [3.05, 3.63) is 81.3 Å². The second-order valence-electron chi connectivity index (χ2n) is 6.68. The summed E-state index contributed by atoms with van der Waals surface area (Å²) < 4.78 is 6.21. The number of rotatable bonds is 5. The quantitative estimate of drug-likeness (QED) is 0.545. The van der Waals surface area contributed by atoms with Gasteiger partial charge in [-0.25, -0.2) is 4.68 Å². The van der Waals surface area contributed by atoms with E-state index in [1.807, 2.05) is 62.4 Å². The van der Waals surface area contributed by atoms with Gasteiger partial charge in [0.15, 0.2) is 0 Å². The summed E-state index contributed by atoms with van der Waals surface area (Å²) in [6.45, 7) is 5.78. The normalized spacial score (nSPS) is 11.5. The van der Waals surface area contributed by atoms with Crippen molar-refractivity contribution in [3.63, 3.8) is 0 Å². The van der Waals surface area contributed by atoms with Crippen LogP contribution in [-0.2, 0) is 16.0 Å². The highest BCUT2D eigenvalue weighted by molar-refractivity contribution is 6.01. The van der Waals surface area contributed by atoms with Gasteiger partial charge in [-0.15, -0.1) is 0 Å². The molecule has 0 aliphatic carbocycles. The highest BCUT2D eigenvalue weighted by Crippen LogP contribution is 2.21. The molecule has 1 N–H and O–H groups in total. The second kappa shape index (κ2) is 8.08. The van der Waals surface area contributed by atoms with Crippen molar-refractivity contribution >= 4 is 17.4 Å². The number of methoxy groups -OCH3 is 1. The minimum Gasteiger partial charge on any atom is -0.469 e. The number of aryl methyl sites for hydroxylation is 2. The molecule has 144 valence electrons. The molecule has 28 heavy (non-hydrogen) atoms. The number of esters is 1. The van der Waals surface area contributed by atoms with E-state index in [0.29, 0.717) is 22.7 Å². The number of H-pyrrole nitrogens is 1. The Bertz CT molecular complexity index is 1090. The average molecular weight is 377 g/mol. The lowest BCUT2D eigenvalue weighted by Crippen LogP contribution is -2.20. The van der Waals surface area contributed by atoms with E-state index < -0.39 is 5.97 Å². The van der Waals surface area contributed by atoms with E-state index in [2.05, 4.69) is 10.1 Å². The van der Waals surface area contributed by atoms with Gasteiger partial charge in [0, 0.05) is 0 Å². The topological polar surface area (TPSA) is 76.5 Å². The molecular weight excluding hydrogens is 354 g/mol. The van der Waals surface area contributed by atoms with Gasteiger partial charge in [0.05, 0.1) is 41.9 Å². The lowest BCUT2D eigenvalue weighted by molar-refractivity contribution is -0.139. The first-order valence-electron chi connectivity index (χ1n) is 8.99. The first kappa shape index (κ1) is 19.4. The number of carbonyl (C=O) groups is 1. The number of para-hydroxylation sites is 1. The monoisotopic (exact) mass is 377 g/mol. The molecule has 1 heterocycles. The number of hydrogen-bond acceptors (Lipinski definition) is 4. The minimum atomic E-state index is -0.429. The lowest BCUT2D eigenvalue weighted by atomic mass is 10.1. The third-order valence-corrected chi connectivity index (χ3v) is 4.53. The zero-order valence-corrected chi connectivity index (χ0v) is 16.4. The SMILES string of the molecule is COC(=O)Cc1[nH]n(-c2ccccc2)c(=O)c1C(C)=Nc1ccc(C)cc1C. The Labute approximate surface area is 163 Å². The zero-order chi connectivity index (χ0) is 20.3.